The molecule has 0 aliphatic carbocycles. The Bertz CT molecular complexity index is 557. The zero-order valence-corrected chi connectivity index (χ0v) is 11.4. The Hall–Kier alpha value is -1.63. The molecule has 1 aromatic rings. The largest absolute Gasteiger partial charge is 0.462 e. The van der Waals surface area contributed by atoms with E-state index < -0.39 is 21.6 Å². The number of esters is 1. The van der Waals surface area contributed by atoms with Gasteiger partial charge in [0.25, 0.3) is 0 Å². The standard InChI is InChI=1S/C12H16FNO4S/c1-2-19(16,17)7-3-6-18-12(15)9-4-5-10(13)11(14)8-9/h4-5,8H,2-3,6-7,14H2,1H3. The lowest BCUT2D eigenvalue weighted by Crippen LogP contribution is -2.13. The Morgan fingerprint density at radius 2 is 2.11 bits per heavy atom. The Labute approximate surface area is 111 Å². The normalized spacial score (nSPS) is 11.3. The van der Waals surface area contributed by atoms with E-state index in [4.69, 9.17) is 10.5 Å². The van der Waals surface area contributed by atoms with Crippen molar-refractivity contribution in [1.29, 1.82) is 0 Å². The van der Waals surface area contributed by atoms with Crippen molar-refractivity contribution in [3.63, 3.8) is 0 Å². The van der Waals surface area contributed by atoms with Crippen molar-refractivity contribution in [2.75, 3.05) is 23.8 Å². The van der Waals surface area contributed by atoms with Gasteiger partial charge < -0.3 is 10.5 Å². The Balaban J connectivity index is 2.46. The zero-order chi connectivity index (χ0) is 14.5. The number of sulfone groups is 1. The van der Waals surface area contributed by atoms with Crippen LogP contribution in [0.2, 0.25) is 0 Å². The molecule has 5 nitrogen and oxygen atoms in total. The van der Waals surface area contributed by atoms with E-state index in [2.05, 4.69) is 0 Å². The van der Waals surface area contributed by atoms with Crippen molar-refractivity contribution in [2.45, 2.75) is 13.3 Å². The van der Waals surface area contributed by atoms with Gasteiger partial charge in [0, 0.05) is 5.75 Å². The average molecular weight is 289 g/mol. The lowest BCUT2D eigenvalue weighted by molar-refractivity contribution is 0.0505. The Morgan fingerprint density at radius 1 is 1.42 bits per heavy atom. The summed E-state index contributed by atoms with van der Waals surface area (Å²) < 4.78 is 40.2. The molecule has 0 aliphatic rings. The van der Waals surface area contributed by atoms with Crippen LogP contribution in [0.25, 0.3) is 0 Å². The minimum absolute atomic E-state index is 0.00462. The van der Waals surface area contributed by atoms with Crippen molar-refractivity contribution >= 4 is 21.5 Å². The van der Waals surface area contributed by atoms with Crippen LogP contribution >= 0.6 is 0 Å². The monoisotopic (exact) mass is 289 g/mol. The van der Waals surface area contributed by atoms with Gasteiger partial charge in [0.2, 0.25) is 0 Å². The number of carbonyl (C=O) groups is 1. The van der Waals surface area contributed by atoms with Gasteiger partial charge in [-0.25, -0.2) is 17.6 Å². The maximum Gasteiger partial charge on any atom is 0.338 e. The summed E-state index contributed by atoms with van der Waals surface area (Å²) in [5.41, 5.74) is 5.33. The second-order valence-electron chi connectivity index (χ2n) is 3.96. The smallest absolute Gasteiger partial charge is 0.338 e. The number of halogens is 1. The zero-order valence-electron chi connectivity index (χ0n) is 10.6. The number of hydrogen-bond donors (Lipinski definition) is 1. The molecule has 1 aromatic carbocycles. The van der Waals surface area contributed by atoms with Crippen LogP contribution in [0.4, 0.5) is 10.1 Å². The first-order chi connectivity index (χ1) is 8.85. The summed E-state index contributed by atoms with van der Waals surface area (Å²) >= 11 is 0. The maximum atomic E-state index is 12.9. The van der Waals surface area contributed by atoms with Crippen LogP contribution in [0.3, 0.4) is 0 Å². The van der Waals surface area contributed by atoms with Crippen molar-refractivity contribution in [1.82, 2.24) is 0 Å². The van der Waals surface area contributed by atoms with Gasteiger partial charge in [-0.3, -0.25) is 0 Å². The second kappa shape index (κ2) is 6.51. The van der Waals surface area contributed by atoms with Crippen molar-refractivity contribution in [3.05, 3.63) is 29.6 Å². The van der Waals surface area contributed by atoms with Crippen LogP contribution < -0.4 is 5.73 Å². The molecule has 7 heteroatoms. The van der Waals surface area contributed by atoms with E-state index in [0.29, 0.717) is 0 Å². The van der Waals surface area contributed by atoms with Gasteiger partial charge in [0.15, 0.2) is 0 Å². The van der Waals surface area contributed by atoms with Gasteiger partial charge in [-0.15, -0.1) is 0 Å². The summed E-state index contributed by atoms with van der Waals surface area (Å²) in [6.45, 7) is 1.55. The van der Waals surface area contributed by atoms with Crippen molar-refractivity contribution < 1.29 is 22.3 Å². The van der Waals surface area contributed by atoms with Crippen LogP contribution in [0, 0.1) is 5.82 Å². The third-order valence-corrected chi connectivity index (χ3v) is 4.29. The number of hydrogen-bond acceptors (Lipinski definition) is 5. The number of nitrogens with two attached hydrogens (primary N) is 1. The molecule has 0 saturated carbocycles. The molecule has 0 spiro atoms. The molecule has 19 heavy (non-hydrogen) atoms. The number of rotatable bonds is 6. The molecule has 0 aliphatic heterocycles. The highest BCUT2D eigenvalue weighted by atomic mass is 32.2. The van der Waals surface area contributed by atoms with Crippen LogP contribution in [0.15, 0.2) is 18.2 Å². The third-order valence-electron chi connectivity index (χ3n) is 2.50. The molecule has 0 amide bonds. The molecule has 1 rings (SSSR count). The van der Waals surface area contributed by atoms with E-state index in [9.17, 15) is 17.6 Å². The summed E-state index contributed by atoms with van der Waals surface area (Å²) in [6, 6.07) is 3.52. The molecule has 106 valence electrons. The molecular formula is C12H16FNO4S. The molecule has 0 radical (unpaired) electrons. The van der Waals surface area contributed by atoms with E-state index in [0.717, 1.165) is 6.07 Å². The van der Waals surface area contributed by atoms with E-state index in [1.807, 2.05) is 0 Å². The fraction of sp³-hybridized carbons (Fsp3) is 0.417. The number of benzene rings is 1. The second-order valence-corrected chi connectivity index (χ2v) is 6.43. The lowest BCUT2D eigenvalue weighted by atomic mass is 10.2. The third kappa shape index (κ3) is 4.86. The first-order valence-electron chi connectivity index (χ1n) is 5.78. The molecule has 0 atom stereocenters. The summed E-state index contributed by atoms with van der Waals surface area (Å²) in [4.78, 5) is 11.6. The first-order valence-corrected chi connectivity index (χ1v) is 7.60. The molecular weight excluding hydrogens is 273 g/mol. The number of ether oxygens (including phenoxy) is 1. The van der Waals surface area contributed by atoms with Crippen molar-refractivity contribution in [3.8, 4) is 0 Å². The first kappa shape index (κ1) is 15.4. The van der Waals surface area contributed by atoms with Gasteiger partial charge in [-0.1, -0.05) is 6.92 Å². The number of anilines is 1. The molecule has 0 bridgehead atoms. The van der Waals surface area contributed by atoms with Crippen LogP contribution in [-0.4, -0.2) is 32.5 Å². The van der Waals surface area contributed by atoms with Crippen LogP contribution in [0.1, 0.15) is 23.7 Å². The summed E-state index contributed by atoms with van der Waals surface area (Å²) in [7, 11) is -3.06. The van der Waals surface area contributed by atoms with Crippen LogP contribution in [-0.2, 0) is 14.6 Å². The minimum atomic E-state index is -3.06. The summed E-state index contributed by atoms with van der Waals surface area (Å²) in [5.74, 6) is -1.22. The average Bonchev–Trinajstić information content (AvgIpc) is 2.37. The van der Waals surface area contributed by atoms with Gasteiger partial charge in [-0.2, -0.15) is 0 Å². The SMILES string of the molecule is CCS(=O)(=O)CCCOC(=O)c1ccc(F)c(N)c1. The summed E-state index contributed by atoms with van der Waals surface area (Å²) in [6.07, 6.45) is 0.235. The van der Waals surface area contributed by atoms with Crippen molar-refractivity contribution in [2.24, 2.45) is 0 Å². The van der Waals surface area contributed by atoms with E-state index in [1.165, 1.54) is 12.1 Å². The molecule has 0 fully saturated rings. The maximum absolute atomic E-state index is 12.9. The lowest BCUT2D eigenvalue weighted by Gasteiger charge is -2.06. The topological polar surface area (TPSA) is 86.5 Å². The molecule has 0 saturated heterocycles. The number of nitrogen functional groups attached to an aromatic ring is 1. The fourth-order valence-corrected chi connectivity index (χ4v) is 2.19. The predicted octanol–water partition coefficient (Wildman–Crippen LogP) is 1.39. The Kier molecular flexibility index (Phi) is 5.29. The fourth-order valence-electron chi connectivity index (χ4n) is 1.34. The molecule has 0 heterocycles. The van der Waals surface area contributed by atoms with Crippen LogP contribution in [0.5, 0.6) is 0 Å². The molecule has 2 N–H and O–H groups in total. The molecule has 0 unspecified atom stereocenters. The van der Waals surface area contributed by atoms with Gasteiger partial charge in [0.1, 0.15) is 15.7 Å². The van der Waals surface area contributed by atoms with E-state index in [-0.39, 0.29) is 35.8 Å². The quantitative estimate of drug-likeness (QED) is 0.486. The summed E-state index contributed by atoms with van der Waals surface area (Å²) in [5, 5.41) is 0. The highest BCUT2D eigenvalue weighted by Gasteiger charge is 2.11. The van der Waals surface area contributed by atoms with Gasteiger partial charge in [0.05, 0.1) is 23.6 Å². The van der Waals surface area contributed by atoms with Gasteiger partial charge in [-0.05, 0) is 24.6 Å². The number of carbonyl (C=O) groups excluding carboxylic acids is 1. The highest BCUT2D eigenvalue weighted by molar-refractivity contribution is 7.91. The minimum Gasteiger partial charge on any atom is -0.462 e. The predicted molar refractivity (Wildman–Crippen MR) is 70.0 cm³/mol. The van der Waals surface area contributed by atoms with E-state index >= 15 is 0 Å². The van der Waals surface area contributed by atoms with E-state index in [1.54, 1.807) is 6.92 Å². The highest BCUT2D eigenvalue weighted by Crippen LogP contribution is 2.13. The Morgan fingerprint density at radius 3 is 2.68 bits per heavy atom. The molecule has 0 aromatic heterocycles. The van der Waals surface area contributed by atoms with Gasteiger partial charge >= 0.3 is 5.97 Å².